The Morgan fingerprint density at radius 2 is 1.56 bits per heavy atom. The highest BCUT2D eigenvalue weighted by molar-refractivity contribution is 5.32. The number of aromatic nitrogens is 1. The van der Waals surface area contributed by atoms with E-state index in [2.05, 4.69) is 4.98 Å². The van der Waals surface area contributed by atoms with Crippen LogP contribution in [0.5, 0.6) is 11.6 Å². The van der Waals surface area contributed by atoms with Crippen molar-refractivity contribution in [2.75, 3.05) is 14.2 Å². The molecule has 0 aliphatic carbocycles. The second-order valence-electron chi connectivity index (χ2n) is 2.29. The molecule has 0 amide bonds. The number of hydrogen-bond donors (Lipinski definition) is 0. The van der Waals surface area contributed by atoms with Crippen molar-refractivity contribution in [3.8, 4) is 11.6 Å². The first-order chi connectivity index (χ1) is 7.69. The zero-order valence-corrected chi connectivity index (χ0v) is 11.2. The molecule has 0 radical (unpaired) electrons. The Morgan fingerprint density at radius 1 is 1.06 bits per heavy atom. The number of ether oxygens (including phenoxy) is 2. The summed E-state index contributed by atoms with van der Waals surface area (Å²) in [4.78, 5) is 3.82. The minimum Gasteiger partial charge on any atom is -0.493 e. The molecule has 0 saturated carbocycles. The van der Waals surface area contributed by atoms with Gasteiger partial charge in [0.15, 0.2) is 5.75 Å². The largest absolute Gasteiger partial charge is 0.493 e. The molecule has 4 heteroatoms. The van der Waals surface area contributed by atoms with Gasteiger partial charge in [0.05, 0.1) is 14.2 Å². The lowest BCUT2D eigenvalue weighted by Gasteiger charge is -2.06. The SMILES string of the molecule is CC.CC.COc1cc(C)nc(OC)c1F. The van der Waals surface area contributed by atoms with Gasteiger partial charge in [0.25, 0.3) is 5.88 Å². The van der Waals surface area contributed by atoms with Crippen LogP contribution in [0.3, 0.4) is 0 Å². The van der Waals surface area contributed by atoms with Crippen molar-refractivity contribution in [1.29, 1.82) is 0 Å². The van der Waals surface area contributed by atoms with Crippen molar-refractivity contribution in [1.82, 2.24) is 4.98 Å². The van der Waals surface area contributed by atoms with E-state index in [0.29, 0.717) is 5.69 Å². The topological polar surface area (TPSA) is 31.4 Å². The highest BCUT2D eigenvalue weighted by atomic mass is 19.1. The zero-order valence-electron chi connectivity index (χ0n) is 11.2. The van der Waals surface area contributed by atoms with Gasteiger partial charge in [0.1, 0.15) is 0 Å². The molecule has 0 aromatic carbocycles. The van der Waals surface area contributed by atoms with E-state index in [4.69, 9.17) is 9.47 Å². The van der Waals surface area contributed by atoms with Crippen molar-refractivity contribution in [3.05, 3.63) is 17.6 Å². The molecule has 16 heavy (non-hydrogen) atoms. The molecule has 0 aliphatic heterocycles. The first kappa shape index (κ1) is 17.1. The summed E-state index contributed by atoms with van der Waals surface area (Å²) in [6.45, 7) is 9.74. The monoisotopic (exact) mass is 231 g/mol. The zero-order chi connectivity index (χ0) is 13.1. The number of hydrogen-bond acceptors (Lipinski definition) is 3. The molecule has 1 heterocycles. The fourth-order valence-electron chi connectivity index (χ4n) is 0.884. The molecule has 0 bridgehead atoms. The number of nitrogens with zero attached hydrogens (tertiary/aromatic N) is 1. The van der Waals surface area contributed by atoms with E-state index in [0.717, 1.165) is 0 Å². The Labute approximate surface area is 97.6 Å². The molecule has 0 N–H and O–H groups in total. The predicted molar refractivity (Wildman–Crippen MR) is 64.7 cm³/mol. The molecular weight excluding hydrogens is 209 g/mol. The lowest BCUT2D eigenvalue weighted by Crippen LogP contribution is -1.97. The van der Waals surface area contributed by atoms with Gasteiger partial charge in [-0.2, -0.15) is 4.39 Å². The molecule has 0 saturated heterocycles. The molecule has 1 rings (SSSR count). The summed E-state index contributed by atoms with van der Waals surface area (Å²) in [5, 5.41) is 0. The van der Waals surface area contributed by atoms with Gasteiger partial charge in [-0.3, -0.25) is 0 Å². The Kier molecular flexibility index (Phi) is 10.9. The Hall–Kier alpha value is -1.32. The second-order valence-corrected chi connectivity index (χ2v) is 2.29. The molecule has 3 nitrogen and oxygen atoms in total. The van der Waals surface area contributed by atoms with Gasteiger partial charge >= 0.3 is 0 Å². The standard InChI is InChI=1S/C8H10FNO2.2C2H6/c1-5-4-6(11-2)7(9)8(10-5)12-3;2*1-2/h4H,1-3H3;2*1-2H3. The smallest absolute Gasteiger partial charge is 0.254 e. The number of rotatable bonds is 2. The lowest BCUT2D eigenvalue weighted by molar-refractivity contribution is 0.337. The van der Waals surface area contributed by atoms with Crippen molar-refractivity contribution < 1.29 is 13.9 Å². The van der Waals surface area contributed by atoms with Crippen LogP contribution < -0.4 is 9.47 Å². The molecule has 0 fully saturated rings. The molecule has 1 aromatic rings. The highest BCUT2D eigenvalue weighted by Crippen LogP contribution is 2.24. The molecule has 0 unspecified atom stereocenters. The summed E-state index contributed by atoms with van der Waals surface area (Å²) in [6.07, 6.45) is 0. The first-order valence-electron chi connectivity index (χ1n) is 5.44. The quantitative estimate of drug-likeness (QED) is 0.779. The van der Waals surface area contributed by atoms with Crippen LogP contribution in [-0.2, 0) is 0 Å². The summed E-state index contributed by atoms with van der Waals surface area (Å²) in [7, 11) is 2.77. The van der Waals surface area contributed by atoms with E-state index in [9.17, 15) is 4.39 Å². The third kappa shape index (κ3) is 4.96. The fraction of sp³-hybridized carbons (Fsp3) is 0.583. The Morgan fingerprint density at radius 3 is 1.94 bits per heavy atom. The Balaban J connectivity index is 0. The van der Waals surface area contributed by atoms with Crippen molar-refractivity contribution in [3.63, 3.8) is 0 Å². The average molecular weight is 231 g/mol. The second kappa shape index (κ2) is 10.2. The molecule has 0 atom stereocenters. The third-order valence-corrected chi connectivity index (χ3v) is 1.44. The van der Waals surface area contributed by atoms with E-state index in [1.165, 1.54) is 20.3 Å². The fourth-order valence-corrected chi connectivity index (χ4v) is 0.884. The van der Waals surface area contributed by atoms with E-state index < -0.39 is 5.82 Å². The summed E-state index contributed by atoms with van der Waals surface area (Å²) < 4.78 is 22.6. The van der Waals surface area contributed by atoms with Crippen molar-refractivity contribution in [2.45, 2.75) is 34.6 Å². The van der Waals surface area contributed by atoms with Gasteiger partial charge < -0.3 is 9.47 Å². The van der Waals surface area contributed by atoms with Crippen LogP contribution in [0.2, 0.25) is 0 Å². The lowest BCUT2D eigenvalue weighted by atomic mass is 10.3. The van der Waals surface area contributed by atoms with Gasteiger partial charge in [0, 0.05) is 11.8 Å². The molecule has 0 aliphatic rings. The summed E-state index contributed by atoms with van der Waals surface area (Å²) in [6, 6.07) is 1.51. The normalized spacial score (nSPS) is 8.00. The predicted octanol–water partition coefficient (Wildman–Crippen LogP) is 3.60. The van der Waals surface area contributed by atoms with Crippen LogP contribution in [0.25, 0.3) is 0 Å². The van der Waals surface area contributed by atoms with E-state index in [1.807, 2.05) is 27.7 Å². The maximum Gasteiger partial charge on any atom is 0.254 e. The van der Waals surface area contributed by atoms with Crippen molar-refractivity contribution >= 4 is 0 Å². The van der Waals surface area contributed by atoms with Gasteiger partial charge in [0.2, 0.25) is 5.82 Å². The molecule has 1 aromatic heterocycles. The van der Waals surface area contributed by atoms with Crippen LogP contribution in [0, 0.1) is 12.7 Å². The summed E-state index contributed by atoms with van der Waals surface area (Å²) >= 11 is 0. The number of halogens is 1. The number of aryl methyl sites for hydroxylation is 1. The van der Waals surface area contributed by atoms with Crippen LogP contribution in [0.1, 0.15) is 33.4 Å². The van der Waals surface area contributed by atoms with Crippen LogP contribution in [0.4, 0.5) is 4.39 Å². The van der Waals surface area contributed by atoms with Gasteiger partial charge in [-0.15, -0.1) is 0 Å². The minimum absolute atomic E-state index is 0.0353. The molecule has 0 spiro atoms. The van der Waals surface area contributed by atoms with Gasteiger partial charge in [-0.1, -0.05) is 27.7 Å². The summed E-state index contributed by atoms with van der Waals surface area (Å²) in [5.74, 6) is -0.447. The minimum atomic E-state index is -0.564. The van der Waals surface area contributed by atoms with Crippen LogP contribution in [-0.4, -0.2) is 19.2 Å². The number of methoxy groups -OCH3 is 2. The molecular formula is C12H22FNO2. The van der Waals surface area contributed by atoms with Crippen LogP contribution >= 0.6 is 0 Å². The summed E-state index contributed by atoms with van der Waals surface area (Å²) in [5.41, 5.74) is 0.658. The maximum atomic E-state index is 13.1. The van der Waals surface area contributed by atoms with Gasteiger partial charge in [-0.05, 0) is 6.92 Å². The van der Waals surface area contributed by atoms with E-state index in [-0.39, 0.29) is 11.6 Å². The molecule has 94 valence electrons. The van der Waals surface area contributed by atoms with E-state index in [1.54, 1.807) is 6.92 Å². The Bertz CT molecular complexity index is 265. The first-order valence-corrected chi connectivity index (χ1v) is 5.44. The van der Waals surface area contributed by atoms with Gasteiger partial charge in [-0.25, -0.2) is 4.98 Å². The van der Waals surface area contributed by atoms with E-state index >= 15 is 0 Å². The highest BCUT2D eigenvalue weighted by Gasteiger charge is 2.11. The van der Waals surface area contributed by atoms with Crippen LogP contribution in [0.15, 0.2) is 6.07 Å². The van der Waals surface area contributed by atoms with Crippen molar-refractivity contribution in [2.24, 2.45) is 0 Å². The average Bonchev–Trinajstić information content (AvgIpc) is 2.36. The number of pyridine rings is 1. The maximum absolute atomic E-state index is 13.1. The third-order valence-electron chi connectivity index (χ3n) is 1.44.